The van der Waals surface area contributed by atoms with E-state index in [4.69, 9.17) is 28.6 Å². The maximum Gasteiger partial charge on any atom is 0.262 e. The number of oxazole rings is 1. The van der Waals surface area contributed by atoms with Gasteiger partial charge in [-0.3, -0.25) is 9.36 Å². The van der Waals surface area contributed by atoms with Crippen LogP contribution in [0.25, 0.3) is 22.4 Å². The van der Waals surface area contributed by atoms with E-state index in [1.165, 1.54) is 11.8 Å². The zero-order valence-electron chi connectivity index (χ0n) is 20.9. The molecule has 2 aromatic heterocycles. The van der Waals surface area contributed by atoms with Gasteiger partial charge in [0, 0.05) is 17.4 Å². The van der Waals surface area contributed by atoms with Crippen molar-refractivity contribution >= 4 is 22.7 Å². The van der Waals surface area contributed by atoms with Crippen LogP contribution in [0.5, 0.6) is 17.2 Å². The molecule has 8 nitrogen and oxygen atoms in total. The number of benzene rings is 2. The highest BCUT2D eigenvalue weighted by Gasteiger charge is 2.24. The Morgan fingerprint density at radius 2 is 1.72 bits per heavy atom. The van der Waals surface area contributed by atoms with Crippen molar-refractivity contribution in [2.75, 3.05) is 21.3 Å². The molecule has 1 saturated carbocycles. The molecule has 4 aromatic rings. The van der Waals surface area contributed by atoms with E-state index < -0.39 is 0 Å². The van der Waals surface area contributed by atoms with Crippen molar-refractivity contribution in [1.29, 1.82) is 0 Å². The summed E-state index contributed by atoms with van der Waals surface area (Å²) in [6.07, 6.45) is 4.27. The first-order valence-corrected chi connectivity index (χ1v) is 12.9. The molecule has 0 N–H and O–H groups in total. The summed E-state index contributed by atoms with van der Waals surface area (Å²) in [6.45, 7) is 1.89. The van der Waals surface area contributed by atoms with E-state index in [-0.39, 0.29) is 11.6 Å². The summed E-state index contributed by atoms with van der Waals surface area (Å²) >= 11 is 1.52. The van der Waals surface area contributed by atoms with E-state index in [9.17, 15) is 4.79 Å². The van der Waals surface area contributed by atoms with Crippen molar-refractivity contribution in [1.82, 2.24) is 14.5 Å². The third-order valence-electron chi connectivity index (χ3n) is 6.61. The van der Waals surface area contributed by atoms with Crippen LogP contribution in [0.15, 0.2) is 50.8 Å². The number of aromatic nitrogens is 3. The van der Waals surface area contributed by atoms with Crippen LogP contribution >= 0.6 is 11.8 Å². The van der Waals surface area contributed by atoms with Gasteiger partial charge in [-0.25, -0.2) is 9.97 Å². The van der Waals surface area contributed by atoms with Gasteiger partial charge in [0.2, 0.25) is 11.6 Å². The Hall–Kier alpha value is -3.46. The first-order valence-electron chi connectivity index (χ1n) is 11.9. The third kappa shape index (κ3) is 4.43. The number of hydrogen-bond acceptors (Lipinski definition) is 8. The number of fused-ring (bicyclic) bond motifs is 1. The molecule has 0 aliphatic heterocycles. The van der Waals surface area contributed by atoms with Crippen molar-refractivity contribution in [3.05, 3.63) is 58.2 Å². The molecule has 0 radical (unpaired) electrons. The SMILES string of the molecule is COc1cc(-c2nc(CSc3nc4ccccc4c(=O)n3C3CCCC3)c(C)o2)cc(OC)c1OC. The molecule has 188 valence electrons. The van der Waals surface area contributed by atoms with Crippen molar-refractivity contribution in [2.24, 2.45) is 0 Å². The minimum atomic E-state index is 0.0324. The third-order valence-corrected chi connectivity index (χ3v) is 7.57. The molecule has 1 aliphatic rings. The number of rotatable bonds is 8. The Bertz CT molecular complexity index is 1430. The van der Waals surface area contributed by atoms with Gasteiger partial charge in [-0.1, -0.05) is 36.7 Å². The highest BCUT2D eigenvalue weighted by molar-refractivity contribution is 7.98. The van der Waals surface area contributed by atoms with Crippen molar-refractivity contribution in [3.8, 4) is 28.7 Å². The molecule has 5 rings (SSSR count). The number of methoxy groups -OCH3 is 3. The van der Waals surface area contributed by atoms with Gasteiger partial charge in [-0.05, 0) is 44.0 Å². The van der Waals surface area contributed by atoms with Crippen LogP contribution in [0.1, 0.15) is 43.2 Å². The van der Waals surface area contributed by atoms with Gasteiger partial charge in [0.25, 0.3) is 5.56 Å². The predicted octanol–water partition coefficient (Wildman–Crippen LogP) is 5.79. The molecule has 2 heterocycles. The number of para-hydroxylation sites is 1. The number of ether oxygens (including phenoxy) is 3. The molecule has 36 heavy (non-hydrogen) atoms. The summed E-state index contributed by atoms with van der Waals surface area (Å²) < 4.78 is 24.3. The Kier molecular flexibility index (Phi) is 6.91. The molecule has 2 aromatic carbocycles. The van der Waals surface area contributed by atoms with Gasteiger partial charge in [-0.15, -0.1) is 0 Å². The number of aryl methyl sites for hydroxylation is 1. The minimum Gasteiger partial charge on any atom is -0.493 e. The van der Waals surface area contributed by atoms with Gasteiger partial charge in [-0.2, -0.15) is 0 Å². The van der Waals surface area contributed by atoms with Gasteiger partial charge in [0.1, 0.15) is 5.76 Å². The molecule has 1 aliphatic carbocycles. The summed E-state index contributed by atoms with van der Waals surface area (Å²) in [5.74, 6) is 3.26. The zero-order valence-corrected chi connectivity index (χ0v) is 21.7. The Labute approximate surface area is 213 Å². The number of thioether (sulfide) groups is 1. The topological polar surface area (TPSA) is 88.6 Å². The lowest BCUT2D eigenvalue weighted by Gasteiger charge is -2.18. The number of hydrogen-bond donors (Lipinski definition) is 0. The maximum atomic E-state index is 13.4. The minimum absolute atomic E-state index is 0.0324. The monoisotopic (exact) mass is 507 g/mol. The summed E-state index contributed by atoms with van der Waals surface area (Å²) in [7, 11) is 4.71. The molecule has 0 spiro atoms. The summed E-state index contributed by atoms with van der Waals surface area (Å²) in [5.41, 5.74) is 2.26. The van der Waals surface area contributed by atoms with E-state index in [0.717, 1.165) is 42.1 Å². The van der Waals surface area contributed by atoms with Crippen LogP contribution in [-0.4, -0.2) is 35.9 Å². The van der Waals surface area contributed by atoms with Crippen molar-refractivity contribution in [2.45, 2.75) is 49.6 Å². The second kappa shape index (κ2) is 10.3. The van der Waals surface area contributed by atoms with Crippen LogP contribution in [0, 0.1) is 6.92 Å². The van der Waals surface area contributed by atoms with E-state index >= 15 is 0 Å². The summed E-state index contributed by atoms with van der Waals surface area (Å²) in [6, 6.07) is 11.4. The summed E-state index contributed by atoms with van der Waals surface area (Å²) in [4.78, 5) is 23.1. The van der Waals surface area contributed by atoms with E-state index in [2.05, 4.69) is 0 Å². The highest BCUT2D eigenvalue weighted by Crippen LogP contribution is 2.41. The van der Waals surface area contributed by atoms with Gasteiger partial charge in [0.05, 0.1) is 37.9 Å². The Morgan fingerprint density at radius 1 is 1.03 bits per heavy atom. The fraction of sp³-hybridized carbons (Fsp3) is 0.370. The fourth-order valence-corrected chi connectivity index (χ4v) is 5.80. The smallest absolute Gasteiger partial charge is 0.262 e. The molecule has 0 amide bonds. The Balaban J connectivity index is 1.48. The van der Waals surface area contributed by atoms with E-state index in [1.807, 2.05) is 47.9 Å². The van der Waals surface area contributed by atoms with Gasteiger partial charge >= 0.3 is 0 Å². The Morgan fingerprint density at radius 3 is 2.39 bits per heavy atom. The van der Waals surface area contributed by atoms with Crippen LogP contribution < -0.4 is 19.8 Å². The standard InChI is InChI=1S/C27H29N3O5S/c1-16-21(28-25(35-16)17-13-22(32-2)24(34-4)23(14-17)33-3)15-36-27-29-20-12-8-7-11-19(20)26(31)30(27)18-9-5-6-10-18/h7-8,11-14,18H,5-6,9-10,15H2,1-4H3. The average Bonchev–Trinajstić information content (AvgIpc) is 3.56. The number of nitrogens with zero attached hydrogens (tertiary/aromatic N) is 3. The first-order chi connectivity index (χ1) is 17.5. The quantitative estimate of drug-likeness (QED) is 0.219. The largest absolute Gasteiger partial charge is 0.493 e. The fourth-order valence-electron chi connectivity index (χ4n) is 4.73. The van der Waals surface area contributed by atoms with Crippen LogP contribution in [0.3, 0.4) is 0 Å². The second-order valence-corrected chi connectivity index (χ2v) is 9.69. The molecule has 9 heteroatoms. The molecular weight excluding hydrogens is 478 g/mol. The first kappa shape index (κ1) is 24.2. The van der Waals surface area contributed by atoms with E-state index in [1.54, 1.807) is 21.3 Å². The lowest BCUT2D eigenvalue weighted by atomic mass is 10.2. The summed E-state index contributed by atoms with van der Waals surface area (Å²) in [5, 5.41) is 1.39. The molecular formula is C27H29N3O5S. The van der Waals surface area contributed by atoms with Crippen LogP contribution in [-0.2, 0) is 5.75 Å². The van der Waals surface area contributed by atoms with Crippen molar-refractivity contribution < 1.29 is 18.6 Å². The zero-order chi connectivity index (χ0) is 25.2. The molecule has 0 atom stereocenters. The molecule has 0 bridgehead atoms. The van der Waals surface area contributed by atoms with Crippen LogP contribution in [0.4, 0.5) is 0 Å². The molecule has 0 saturated heterocycles. The molecule has 1 fully saturated rings. The van der Waals surface area contributed by atoms with Gasteiger partial charge < -0.3 is 18.6 Å². The lowest BCUT2D eigenvalue weighted by Crippen LogP contribution is -2.26. The van der Waals surface area contributed by atoms with E-state index in [0.29, 0.717) is 45.6 Å². The molecule has 0 unspecified atom stereocenters. The van der Waals surface area contributed by atoms with Crippen LogP contribution in [0.2, 0.25) is 0 Å². The average molecular weight is 508 g/mol. The highest BCUT2D eigenvalue weighted by atomic mass is 32.2. The predicted molar refractivity (Wildman–Crippen MR) is 139 cm³/mol. The maximum absolute atomic E-state index is 13.4. The lowest BCUT2D eigenvalue weighted by molar-refractivity contribution is 0.324. The second-order valence-electron chi connectivity index (χ2n) is 8.75. The van der Waals surface area contributed by atoms with Gasteiger partial charge in [0.15, 0.2) is 16.7 Å². The van der Waals surface area contributed by atoms with Crippen molar-refractivity contribution in [3.63, 3.8) is 0 Å². The normalized spacial score (nSPS) is 13.9.